The van der Waals surface area contributed by atoms with Gasteiger partial charge in [0.2, 0.25) is 0 Å². The van der Waals surface area contributed by atoms with Crippen LogP contribution in [0.4, 0.5) is 0 Å². The van der Waals surface area contributed by atoms with Gasteiger partial charge in [-0.1, -0.05) is 25.6 Å². The largest absolute Gasteiger partial charge is 0.477 e. The topological polar surface area (TPSA) is 89.9 Å². The standard InChI is InChI=1S/C18H20O6/c1-5-12(4)23-18(22)15(16(19)20)10-13-6-8-14(9-7-13)24-17(21)11(2)3/h6-10,12H,2,5H2,1,3-4H3,(H,19,20). The first-order valence-electron chi connectivity index (χ1n) is 7.38. The smallest absolute Gasteiger partial charge is 0.345 e. The molecule has 6 heteroatoms. The van der Waals surface area contributed by atoms with Crippen LogP contribution in [0.15, 0.2) is 42.0 Å². The number of carbonyl (C=O) groups is 3. The van der Waals surface area contributed by atoms with Gasteiger partial charge in [-0.2, -0.15) is 0 Å². The van der Waals surface area contributed by atoms with E-state index < -0.39 is 23.5 Å². The number of carboxylic acids is 1. The van der Waals surface area contributed by atoms with E-state index in [0.29, 0.717) is 17.7 Å². The Bertz CT molecular complexity index is 669. The van der Waals surface area contributed by atoms with Crippen molar-refractivity contribution >= 4 is 24.0 Å². The monoisotopic (exact) mass is 332 g/mol. The van der Waals surface area contributed by atoms with E-state index in [1.54, 1.807) is 6.92 Å². The number of hydrogen-bond donors (Lipinski definition) is 1. The van der Waals surface area contributed by atoms with Gasteiger partial charge in [-0.25, -0.2) is 14.4 Å². The minimum atomic E-state index is -1.37. The number of hydrogen-bond acceptors (Lipinski definition) is 5. The summed E-state index contributed by atoms with van der Waals surface area (Å²) in [6.07, 6.45) is 1.42. The van der Waals surface area contributed by atoms with Crippen LogP contribution in [0.2, 0.25) is 0 Å². The fourth-order valence-electron chi connectivity index (χ4n) is 1.53. The first-order chi connectivity index (χ1) is 11.2. The Hall–Kier alpha value is -2.89. The van der Waals surface area contributed by atoms with E-state index in [0.717, 1.165) is 0 Å². The van der Waals surface area contributed by atoms with Crippen LogP contribution in [0.25, 0.3) is 6.08 Å². The van der Waals surface area contributed by atoms with E-state index >= 15 is 0 Å². The fourth-order valence-corrected chi connectivity index (χ4v) is 1.53. The molecule has 0 saturated heterocycles. The first kappa shape index (κ1) is 19.2. The number of carboxylic acid groups (broad SMARTS) is 1. The highest BCUT2D eigenvalue weighted by Gasteiger charge is 2.20. The van der Waals surface area contributed by atoms with E-state index in [2.05, 4.69) is 6.58 Å². The fraction of sp³-hybridized carbons (Fsp3) is 0.278. The maximum atomic E-state index is 11.9. The van der Waals surface area contributed by atoms with Crippen LogP contribution >= 0.6 is 0 Å². The van der Waals surface area contributed by atoms with Crippen molar-refractivity contribution in [2.45, 2.75) is 33.3 Å². The molecule has 1 rings (SSSR count). The third-order valence-corrected chi connectivity index (χ3v) is 3.08. The van der Waals surface area contributed by atoms with Crippen molar-refractivity contribution in [3.05, 3.63) is 47.6 Å². The molecule has 1 N–H and O–H groups in total. The van der Waals surface area contributed by atoms with E-state index in [1.807, 2.05) is 6.92 Å². The number of benzene rings is 1. The summed E-state index contributed by atoms with van der Waals surface area (Å²) in [7, 11) is 0. The van der Waals surface area contributed by atoms with Crippen molar-refractivity contribution in [3.63, 3.8) is 0 Å². The van der Waals surface area contributed by atoms with Gasteiger partial charge in [0.25, 0.3) is 0 Å². The molecule has 0 heterocycles. The number of carbonyl (C=O) groups excluding carboxylic acids is 2. The Balaban J connectivity index is 2.95. The maximum absolute atomic E-state index is 11.9. The minimum absolute atomic E-state index is 0.264. The van der Waals surface area contributed by atoms with Gasteiger partial charge in [-0.15, -0.1) is 0 Å². The molecule has 24 heavy (non-hydrogen) atoms. The highest BCUT2D eigenvalue weighted by Crippen LogP contribution is 2.17. The molecule has 1 atom stereocenters. The molecule has 0 saturated carbocycles. The van der Waals surface area contributed by atoms with Crippen LogP contribution in [-0.2, 0) is 19.1 Å². The van der Waals surface area contributed by atoms with Gasteiger partial charge >= 0.3 is 17.9 Å². The van der Waals surface area contributed by atoms with Crippen LogP contribution in [0.5, 0.6) is 5.75 Å². The summed E-state index contributed by atoms with van der Waals surface area (Å²) in [6.45, 7) is 8.52. The highest BCUT2D eigenvalue weighted by molar-refractivity contribution is 6.17. The lowest BCUT2D eigenvalue weighted by atomic mass is 10.1. The zero-order valence-corrected chi connectivity index (χ0v) is 13.9. The third kappa shape index (κ3) is 5.72. The van der Waals surface area contributed by atoms with Crippen LogP contribution in [-0.4, -0.2) is 29.1 Å². The molecule has 0 bridgehead atoms. The Kier molecular flexibility index (Phi) is 6.92. The molecule has 0 spiro atoms. The van der Waals surface area contributed by atoms with Crippen molar-refractivity contribution in [3.8, 4) is 5.75 Å². The van der Waals surface area contributed by atoms with Crippen molar-refractivity contribution in [1.82, 2.24) is 0 Å². The summed E-state index contributed by atoms with van der Waals surface area (Å²) in [6, 6.07) is 6.04. The SMILES string of the molecule is C=C(C)C(=O)Oc1ccc(C=C(C(=O)O)C(=O)OC(C)CC)cc1. The van der Waals surface area contributed by atoms with Crippen molar-refractivity contribution in [2.24, 2.45) is 0 Å². The van der Waals surface area contributed by atoms with Crippen molar-refractivity contribution in [2.75, 3.05) is 0 Å². The Morgan fingerprint density at radius 3 is 2.25 bits per heavy atom. The Morgan fingerprint density at radius 2 is 1.79 bits per heavy atom. The Morgan fingerprint density at radius 1 is 1.21 bits per heavy atom. The lowest BCUT2D eigenvalue weighted by Crippen LogP contribution is -2.20. The van der Waals surface area contributed by atoms with E-state index in [4.69, 9.17) is 9.47 Å². The predicted molar refractivity (Wildman–Crippen MR) is 88.3 cm³/mol. The molecule has 0 radical (unpaired) electrons. The summed E-state index contributed by atoms with van der Waals surface area (Å²) in [5.74, 6) is -2.53. The molecule has 0 aliphatic heterocycles. The molecule has 0 amide bonds. The molecule has 0 aliphatic carbocycles. The van der Waals surface area contributed by atoms with Crippen molar-refractivity contribution in [1.29, 1.82) is 0 Å². The maximum Gasteiger partial charge on any atom is 0.345 e. The highest BCUT2D eigenvalue weighted by atomic mass is 16.5. The summed E-state index contributed by atoms with van der Waals surface area (Å²) >= 11 is 0. The number of ether oxygens (including phenoxy) is 2. The zero-order chi connectivity index (χ0) is 18.3. The summed E-state index contributed by atoms with van der Waals surface area (Å²) in [5.41, 5.74) is 0.255. The van der Waals surface area contributed by atoms with Gasteiger partial charge < -0.3 is 14.6 Å². The van der Waals surface area contributed by atoms with Crippen LogP contribution in [0.3, 0.4) is 0 Å². The normalized spacial score (nSPS) is 12.2. The van der Waals surface area contributed by atoms with Crippen LogP contribution in [0, 0.1) is 0 Å². The van der Waals surface area contributed by atoms with Crippen molar-refractivity contribution < 1.29 is 29.0 Å². The molecule has 1 aromatic carbocycles. The average molecular weight is 332 g/mol. The van der Waals surface area contributed by atoms with Gasteiger partial charge in [-0.3, -0.25) is 0 Å². The molecule has 128 valence electrons. The van der Waals surface area contributed by atoms with E-state index in [-0.39, 0.29) is 11.7 Å². The molecular weight excluding hydrogens is 312 g/mol. The van der Waals surface area contributed by atoms with E-state index in [1.165, 1.54) is 37.3 Å². The molecule has 6 nitrogen and oxygen atoms in total. The second-order valence-corrected chi connectivity index (χ2v) is 5.23. The van der Waals surface area contributed by atoms with Gasteiger partial charge in [0.15, 0.2) is 0 Å². The average Bonchev–Trinajstić information content (AvgIpc) is 2.53. The number of esters is 2. The minimum Gasteiger partial charge on any atom is -0.477 e. The first-order valence-corrected chi connectivity index (χ1v) is 7.38. The summed E-state index contributed by atoms with van der Waals surface area (Å²) in [5, 5.41) is 9.18. The van der Waals surface area contributed by atoms with Gasteiger partial charge in [0, 0.05) is 5.57 Å². The molecule has 0 fully saturated rings. The second-order valence-electron chi connectivity index (χ2n) is 5.23. The number of aliphatic carboxylic acids is 1. The molecule has 0 aliphatic rings. The molecule has 1 aromatic rings. The molecular formula is C18H20O6. The predicted octanol–water partition coefficient (Wildman–Crippen LogP) is 2.98. The molecule has 0 aromatic heterocycles. The Labute approximate surface area is 140 Å². The van der Waals surface area contributed by atoms with Crippen LogP contribution in [0.1, 0.15) is 32.8 Å². The van der Waals surface area contributed by atoms with Gasteiger partial charge in [0.1, 0.15) is 11.3 Å². The zero-order valence-electron chi connectivity index (χ0n) is 13.9. The third-order valence-electron chi connectivity index (χ3n) is 3.08. The van der Waals surface area contributed by atoms with Gasteiger partial charge in [-0.05, 0) is 44.0 Å². The quantitative estimate of drug-likeness (QED) is 0.271. The van der Waals surface area contributed by atoms with Crippen LogP contribution < -0.4 is 4.74 Å². The number of rotatable bonds is 7. The second kappa shape index (κ2) is 8.67. The van der Waals surface area contributed by atoms with Gasteiger partial charge in [0.05, 0.1) is 6.10 Å². The summed E-state index contributed by atoms with van der Waals surface area (Å²) < 4.78 is 10.1. The van der Waals surface area contributed by atoms with E-state index in [9.17, 15) is 19.5 Å². The lowest BCUT2D eigenvalue weighted by Gasteiger charge is -2.11. The molecule has 1 unspecified atom stereocenters. The summed E-state index contributed by atoms with van der Waals surface area (Å²) in [4.78, 5) is 34.6. The lowest BCUT2D eigenvalue weighted by molar-refractivity contribution is -0.147.